The second kappa shape index (κ2) is 4.28. The van der Waals surface area contributed by atoms with E-state index >= 15 is 0 Å². The Kier molecular flexibility index (Phi) is 4.94. The van der Waals surface area contributed by atoms with Crippen LogP contribution in [0.1, 0.15) is 0 Å². The minimum absolute atomic E-state index is 0.585. The largest absolute Gasteiger partial charge is 0.393 e. The first kappa shape index (κ1) is 12.7. The van der Waals surface area contributed by atoms with Crippen LogP contribution in [0.3, 0.4) is 0 Å². The van der Waals surface area contributed by atoms with Gasteiger partial charge in [-0.15, -0.1) is 11.6 Å². The number of hydrogen-bond donors (Lipinski definition) is 1. The lowest BCUT2D eigenvalue weighted by atomic mass is 10.3. The van der Waals surface area contributed by atoms with Crippen LogP contribution < -0.4 is 0 Å². The van der Waals surface area contributed by atoms with Crippen LogP contribution in [0, 0.1) is 0 Å². The van der Waals surface area contributed by atoms with Crippen molar-refractivity contribution >= 4 is 69.6 Å². The van der Waals surface area contributed by atoms with Crippen molar-refractivity contribution in [2.24, 2.45) is 0 Å². The Bertz CT molecular complexity index is 129. The predicted octanol–water partition coefficient (Wildman–Crippen LogP) is 3.13. The fourth-order valence-electron chi connectivity index (χ4n) is 0.320. The maximum Gasteiger partial charge on any atom is 0.209 e. The summed E-state index contributed by atoms with van der Waals surface area (Å²) in [5, 5.41) is 7.43. The van der Waals surface area contributed by atoms with E-state index in [0.717, 1.165) is 0 Å². The summed E-state index contributed by atoms with van der Waals surface area (Å²) in [5.74, 6) is 0. The van der Waals surface area contributed by atoms with Crippen LogP contribution in [-0.4, -0.2) is 25.2 Å². The number of rotatable bonds is 2. The second-order valence-electron chi connectivity index (χ2n) is 1.82. The van der Waals surface area contributed by atoms with Crippen molar-refractivity contribution in [3.05, 3.63) is 0 Å². The van der Waals surface area contributed by atoms with Crippen LogP contribution in [-0.2, 0) is 0 Å². The summed E-state index contributed by atoms with van der Waals surface area (Å²) >= 11 is 32.6. The molecule has 0 fully saturated rings. The Balaban J connectivity index is 4.35. The molecule has 1 atom stereocenters. The Morgan fingerprint density at radius 1 is 1.09 bits per heavy atom. The fraction of sp³-hybridized carbons (Fsp3) is 1.00. The van der Waals surface area contributed by atoms with Gasteiger partial charge in [0.2, 0.25) is 3.79 Å². The first-order valence-corrected chi connectivity index (χ1v) is 4.74. The fourth-order valence-corrected chi connectivity index (χ4v) is 1.61. The monoisotopic (exact) mass is 278 g/mol. The van der Waals surface area contributed by atoms with E-state index in [1.807, 2.05) is 0 Å². The molecule has 1 nitrogen and oxygen atoms in total. The van der Waals surface area contributed by atoms with Crippen molar-refractivity contribution in [1.82, 2.24) is 0 Å². The molecule has 1 unspecified atom stereocenters. The molecule has 68 valence electrons. The molecule has 0 spiro atoms. The molecular weight excluding hydrogens is 277 g/mol. The lowest BCUT2D eigenvalue weighted by Gasteiger charge is -2.27. The van der Waals surface area contributed by atoms with E-state index < -0.39 is 20.1 Å². The van der Waals surface area contributed by atoms with Gasteiger partial charge in [0.1, 0.15) is 5.38 Å². The van der Waals surface area contributed by atoms with Gasteiger partial charge in [-0.05, 0) is 0 Å². The third-order valence-electron chi connectivity index (χ3n) is 0.869. The zero-order valence-corrected chi connectivity index (χ0v) is 9.54. The molecule has 7 heteroatoms. The van der Waals surface area contributed by atoms with E-state index in [9.17, 15) is 0 Å². The minimum atomic E-state index is -1.80. The van der Waals surface area contributed by atoms with E-state index in [2.05, 4.69) is 0 Å². The van der Waals surface area contributed by atoms with Crippen molar-refractivity contribution < 1.29 is 5.11 Å². The van der Waals surface area contributed by atoms with Crippen molar-refractivity contribution in [2.45, 2.75) is 13.5 Å². The van der Waals surface area contributed by atoms with Gasteiger partial charge in [-0.3, -0.25) is 0 Å². The van der Waals surface area contributed by atoms with Gasteiger partial charge in [-0.2, -0.15) is 0 Å². The molecule has 0 aliphatic rings. The second-order valence-corrected chi connectivity index (χ2v) is 6.17. The molecule has 0 aliphatic carbocycles. The van der Waals surface area contributed by atoms with Crippen LogP contribution in [0.15, 0.2) is 0 Å². The highest BCUT2D eigenvalue weighted by Gasteiger charge is 2.45. The third kappa shape index (κ3) is 3.95. The van der Waals surface area contributed by atoms with Crippen molar-refractivity contribution in [3.63, 3.8) is 0 Å². The molecule has 11 heavy (non-hydrogen) atoms. The molecule has 0 saturated heterocycles. The average Bonchev–Trinajstić information content (AvgIpc) is 1.84. The Hall–Kier alpha value is 1.70. The molecule has 0 amide bonds. The molecule has 0 rings (SSSR count). The van der Waals surface area contributed by atoms with Crippen molar-refractivity contribution in [1.29, 1.82) is 0 Å². The first-order valence-electron chi connectivity index (χ1n) is 2.41. The van der Waals surface area contributed by atoms with Crippen LogP contribution in [0.2, 0.25) is 0 Å². The van der Waals surface area contributed by atoms with Gasteiger partial charge in [0.25, 0.3) is 0 Å². The van der Waals surface area contributed by atoms with Crippen LogP contribution in [0.25, 0.3) is 0 Å². The molecule has 0 aromatic rings. The van der Waals surface area contributed by atoms with Gasteiger partial charge < -0.3 is 5.11 Å². The zero-order valence-electron chi connectivity index (χ0n) is 5.00. The number of halogens is 6. The van der Waals surface area contributed by atoms with Crippen molar-refractivity contribution in [2.75, 3.05) is 6.61 Å². The summed E-state index contributed by atoms with van der Waals surface area (Å²) in [5.41, 5.74) is 0. The SMILES string of the molecule is OCC(Cl)(Cl)C(Cl)C(Cl)(Cl)Cl. The van der Waals surface area contributed by atoms with Gasteiger partial charge in [0, 0.05) is 0 Å². The lowest BCUT2D eigenvalue weighted by molar-refractivity contribution is 0.276. The summed E-state index contributed by atoms with van der Waals surface area (Å²) in [6.45, 7) is -0.585. The lowest BCUT2D eigenvalue weighted by Crippen LogP contribution is -2.39. The van der Waals surface area contributed by atoms with E-state index in [-0.39, 0.29) is 0 Å². The van der Waals surface area contributed by atoms with Crippen LogP contribution >= 0.6 is 69.6 Å². The van der Waals surface area contributed by atoms with E-state index in [1.165, 1.54) is 0 Å². The maximum atomic E-state index is 8.60. The quantitative estimate of drug-likeness (QED) is 0.771. The molecule has 0 aromatic heterocycles. The summed E-state index contributed by atoms with van der Waals surface area (Å²) in [6.07, 6.45) is 0. The molecule has 0 saturated carbocycles. The topological polar surface area (TPSA) is 20.2 Å². The summed E-state index contributed by atoms with van der Waals surface area (Å²) in [6, 6.07) is 0. The van der Waals surface area contributed by atoms with Gasteiger partial charge in [-0.25, -0.2) is 0 Å². The summed E-state index contributed by atoms with van der Waals surface area (Å²) < 4.78 is -3.44. The molecule has 0 aliphatic heterocycles. The third-order valence-corrected chi connectivity index (χ3v) is 3.46. The molecule has 1 N–H and O–H groups in total. The number of hydrogen-bond acceptors (Lipinski definition) is 1. The molecule has 0 heterocycles. The molecular formula is C4H4Cl6O. The highest BCUT2D eigenvalue weighted by atomic mass is 35.6. The Morgan fingerprint density at radius 3 is 1.55 bits per heavy atom. The smallest absolute Gasteiger partial charge is 0.209 e. The van der Waals surface area contributed by atoms with E-state index in [1.54, 1.807) is 0 Å². The highest BCUT2D eigenvalue weighted by Crippen LogP contribution is 2.44. The van der Waals surface area contributed by atoms with E-state index in [4.69, 9.17) is 74.7 Å². The maximum absolute atomic E-state index is 8.60. The van der Waals surface area contributed by atoms with Gasteiger partial charge in [0.05, 0.1) is 6.61 Å². The first-order chi connectivity index (χ1) is 4.72. The normalized spacial score (nSPS) is 16.6. The predicted molar refractivity (Wildman–Crippen MR) is 51.5 cm³/mol. The highest BCUT2D eigenvalue weighted by molar-refractivity contribution is 6.72. The number of aliphatic hydroxyl groups excluding tert-OH is 1. The van der Waals surface area contributed by atoms with Gasteiger partial charge in [0.15, 0.2) is 4.33 Å². The summed E-state index contributed by atoms with van der Waals surface area (Å²) in [7, 11) is 0. The van der Waals surface area contributed by atoms with Crippen molar-refractivity contribution in [3.8, 4) is 0 Å². The molecule has 0 aromatic carbocycles. The number of aliphatic hydroxyl groups is 1. The Labute approximate surface area is 94.4 Å². The standard InChI is InChI=1S/C4H4Cl6O/c5-2(4(8,9)10)3(6,7)1-11/h2,11H,1H2. The Morgan fingerprint density at radius 2 is 1.45 bits per heavy atom. The van der Waals surface area contributed by atoms with E-state index in [0.29, 0.717) is 0 Å². The van der Waals surface area contributed by atoms with Gasteiger partial charge >= 0.3 is 0 Å². The van der Waals surface area contributed by atoms with Gasteiger partial charge in [-0.1, -0.05) is 58.0 Å². The summed E-state index contributed by atoms with van der Waals surface area (Å²) in [4.78, 5) is 0. The number of alkyl halides is 6. The molecule has 0 bridgehead atoms. The van der Waals surface area contributed by atoms with Crippen LogP contribution in [0.4, 0.5) is 0 Å². The molecule has 0 radical (unpaired) electrons. The zero-order chi connectivity index (χ0) is 9.28. The average molecular weight is 281 g/mol. The minimum Gasteiger partial charge on any atom is -0.393 e. The van der Waals surface area contributed by atoms with Crippen LogP contribution in [0.5, 0.6) is 0 Å².